The molecule has 0 N–H and O–H groups in total. The van der Waals surface area contributed by atoms with Crippen LogP contribution in [0.2, 0.25) is 0 Å². The first-order valence-corrected chi connectivity index (χ1v) is 9.42. The quantitative estimate of drug-likeness (QED) is 0.719. The predicted molar refractivity (Wildman–Crippen MR) is 101 cm³/mol. The van der Waals surface area contributed by atoms with Crippen LogP contribution in [0.5, 0.6) is 0 Å². The highest BCUT2D eigenvalue weighted by atomic mass is 32.1. The van der Waals surface area contributed by atoms with Crippen molar-refractivity contribution < 1.29 is 0 Å². The molecule has 2 aromatic carbocycles. The van der Waals surface area contributed by atoms with Crippen LogP contribution in [0.3, 0.4) is 0 Å². The average molecular weight is 338 g/mol. The van der Waals surface area contributed by atoms with E-state index in [9.17, 15) is 4.79 Å². The molecule has 1 aromatic heterocycles. The average Bonchev–Trinajstić information content (AvgIpc) is 2.94. The molecule has 0 bridgehead atoms. The van der Waals surface area contributed by atoms with E-state index < -0.39 is 0 Å². The van der Waals surface area contributed by atoms with Crippen molar-refractivity contribution in [1.82, 2.24) is 8.86 Å². The van der Waals surface area contributed by atoms with Crippen molar-refractivity contribution in [2.45, 2.75) is 25.9 Å². The van der Waals surface area contributed by atoms with Gasteiger partial charge in [-0.05, 0) is 49.5 Å². The highest BCUT2D eigenvalue weighted by Gasteiger charge is 2.21. The van der Waals surface area contributed by atoms with E-state index in [1.807, 2.05) is 28.2 Å². The summed E-state index contributed by atoms with van der Waals surface area (Å²) in [6.45, 7) is 4.16. The minimum absolute atomic E-state index is 0.183. The molecule has 2 heterocycles. The van der Waals surface area contributed by atoms with Crippen LogP contribution in [-0.2, 0) is 13.1 Å². The van der Waals surface area contributed by atoms with Crippen molar-refractivity contribution >= 4 is 21.6 Å². The summed E-state index contributed by atoms with van der Waals surface area (Å²) in [6, 6.07) is 18.6. The Kier molecular flexibility index (Phi) is 4.50. The van der Waals surface area contributed by atoms with Crippen LogP contribution in [0, 0.1) is 5.92 Å². The van der Waals surface area contributed by atoms with Gasteiger partial charge in [0.15, 0.2) is 0 Å². The topological polar surface area (TPSA) is 25.2 Å². The molecule has 0 unspecified atom stereocenters. The minimum Gasteiger partial charge on any atom is -0.299 e. The second-order valence-corrected chi connectivity index (χ2v) is 7.72. The van der Waals surface area contributed by atoms with Crippen molar-refractivity contribution in [2.75, 3.05) is 13.1 Å². The van der Waals surface area contributed by atoms with Gasteiger partial charge in [0.2, 0.25) is 0 Å². The van der Waals surface area contributed by atoms with Crippen LogP contribution in [0.1, 0.15) is 18.4 Å². The molecule has 0 amide bonds. The van der Waals surface area contributed by atoms with Gasteiger partial charge in [0, 0.05) is 13.1 Å². The van der Waals surface area contributed by atoms with Gasteiger partial charge in [-0.2, -0.15) is 0 Å². The first-order chi connectivity index (χ1) is 11.8. The number of piperidine rings is 1. The second-order valence-electron chi connectivity index (χ2n) is 6.66. The van der Waals surface area contributed by atoms with E-state index in [-0.39, 0.29) is 5.56 Å². The molecule has 3 nitrogen and oxygen atoms in total. The zero-order chi connectivity index (χ0) is 16.4. The van der Waals surface area contributed by atoms with Gasteiger partial charge in [-0.15, -0.1) is 0 Å². The van der Waals surface area contributed by atoms with Crippen LogP contribution in [-0.4, -0.2) is 21.9 Å². The van der Waals surface area contributed by atoms with Crippen molar-refractivity contribution in [3.63, 3.8) is 0 Å². The lowest BCUT2D eigenvalue weighted by atomic mass is 9.96. The monoisotopic (exact) mass is 338 g/mol. The number of hydrogen-bond donors (Lipinski definition) is 0. The van der Waals surface area contributed by atoms with E-state index in [4.69, 9.17) is 0 Å². The lowest BCUT2D eigenvalue weighted by Gasteiger charge is -2.31. The molecule has 0 spiro atoms. The van der Waals surface area contributed by atoms with Crippen LogP contribution >= 0.6 is 11.5 Å². The summed E-state index contributed by atoms with van der Waals surface area (Å²) in [5.41, 5.74) is 1.57. The number of aromatic nitrogens is 1. The molecule has 0 radical (unpaired) electrons. The van der Waals surface area contributed by atoms with E-state index in [0.717, 1.165) is 36.3 Å². The standard InChI is InChI=1S/C20H22N2OS/c23-20-18-8-4-5-9-19(18)24-22(20)15-17-10-12-21(13-11-17)14-16-6-2-1-3-7-16/h1-9,17H,10-15H2. The summed E-state index contributed by atoms with van der Waals surface area (Å²) >= 11 is 1.61. The fraction of sp³-hybridized carbons (Fsp3) is 0.350. The fourth-order valence-corrected chi connectivity index (χ4v) is 4.64. The number of rotatable bonds is 4. The number of nitrogens with zero attached hydrogens (tertiary/aromatic N) is 2. The predicted octanol–water partition coefficient (Wildman–Crippen LogP) is 3.98. The Morgan fingerprint density at radius 2 is 1.67 bits per heavy atom. The van der Waals surface area contributed by atoms with E-state index in [1.54, 1.807) is 11.5 Å². The molecular formula is C20H22N2OS. The van der Waals surface area contributed by atoms with Crippen LogP contribution in [0.25, 0.3) is 10.1 Å². The van der Waals surface area contributed by atoms with E-state index in [0.29, 0.717) is 5.92 Å². The van der Waals surface area contributed by atoms with Gasteiger partial charge >= 0.3 is 0 Å². The molecule has 0 atom stereocenters. The zero-order valence-corrected chi connectivity index (χ0v) is 14.5. The van der Waals surface area contributed by atoms with Crippen molar-refractivity contribution in [1.29, 1.82) is 0 Å². The summed E-state index contributed by atoms with van der Waals surface area (Å²) < 4.78 is 3.06. The molecule has 3 aromatic rings. The van der Waals surface area contributed by atoms with Crippen molar-refractivity contribution in [2.24, 2.45) is 5.92 Å². The van der Waals surface area contributed by atoms with Gasteiger partial charge in [0.05, 0.1) is 10.1 Å². The maximum atomic E-state index is 12.5. The smallest absolute Gasteiger partial charge is 0.268 e. The lowest BCUT2D eigenvalue weighted by Crippen LogP contribution is -2.35. The van der Waals surface area contributed by atoms with Gasteiger partial charge in [-0.3, -0.25) is 13.7 Å². The van der Waals surface area contributed by atoms with Crippen LogP contribution in [0.15, 0.2) is 59.4 Å². The first kappa shape index (κ1) is 15.6. The molecule has 24 heavy (non-hydrogen) atoms. The van der Waals surface area contributed by atoms with Crippen molar-refractivity contribution in [3.8, 4) is 0 Å². The summed E-state index contributed by atoms with van der Waals surface area (Å²) in [6.07, 6.45) is 2.35. The van der Waals surface area contributed by atoms with Crippen LogP contribution < -0.4 is 5.56 Å². The third-order valence-corrected chi connectivity index (χ3v) is 6.02. The van der Waals surface area contributed by atoms with E-state index >= 15 is 0 Å². The Morgan fingerprint density at radius 1 is 0.958 bits per heavy atom. The molecule has 0 aliphatic carbocycles. The fourth-order valence-electron chi connectivity index (χ4n) is 3.54. The first-order valence-electron chi connectivity index (χ1n) is 8.65. The van der Waals surface area contributed by atoms with Gasteiger partial charge in [0.25, 0.3) is 5.56 Å². The third kappa shape index (κ3) is 3.30. The normalized spacial score (nSPS) is 16.7. The molecule has 0 saturated carbocycles. The highest BCUT2D eigenvalue weighted by molar-refractivity contribution is 7.13. The molecular weight excluding hydrogens is 316 g/mol. The Balaban J connectivity index is 1.37. The number of fused-ring (bicyclic) bond motifs is 1. The Morgan fingerprint density at radius 3 is 2.42 bits per heavy atom. The highest BCUT2D eigenvalue weighted by Crippen LogP contribution is 2.23. The van der Waals surface area contributed by atoms with Gasteiger partial charge in [0.1, 0.15) is 0 Å². The second kappa shape index (κ2) is 6.91. The van der Waals surface area contributed by atoms with Gasteiger partial charge < -0.3 is 0 Å². The molecule has 4 rings (SSSR count). The Bertz CT molecular complexity index is 860. The molecule has 4 heteroatoms. The summed E-state index contributed by atoms with van der Waals surface area (Å²) in [7, 11) is 0. The summed E-state index contributed by atoms with van der Waals surface area (Å²) in [5.74, 6) is 0.614. The SMILES string of the molecule is O=c1c2ccccc2sn1CC1CCN(Cc2ccccc2)CC1. The molecule has 1 fully saturated rings. The van der Waals surface area contributed by atoms with Crippen molar-refractivity contribution in [3.05, 3.63) is 70.5 Å². The number of hydrogen-bond acceptors (Lipinski definition) is 3. The Hall–Kier alpha value is -1.91. The molecule has 1 aliphatic rings. The molecule has 124 valence electrons. The minimum atomic E-state index is 0.183. The van der Waals surface area contributed by atoms with Crippen LogP contribution in [0.4, 0.5) is 0 Å². The van der Waals surface area contributed by atoms with Gasteiger partial charge in [-0.1, -0.05) is 54.0 Å². The maximum absolute atomic E-state index is 12.5. The Labute approximate surface area is 146 Å². The molecule has 1 saturated heterocycles. The van der Waals surface area contributed by atoms with E-state index in [1.165, 1.54) is 18.4 Å². The molecule has 1 aliphatic heterocycles. The lowest BCUT2D eigenvalue weighted by molar-refractivity contribution is 0.168. The number of benzene rings is 2. The van der Waals surface area contributed by atoms with E-state index in [2.05, 4.69) is 35.2 Å². The largest absolute Gasteiger partial charge is 0.299 e. The van der Waals surface area contributed by atoms with Gasteiger partial charge in [-0.25, -0.2) is 0 Å². The summed E-state index contributed by atoms with van der Waals surface area (Å²) in [5, 5.41) is 0.865. The maximum Gasteiger partial charge on any atom is 0.268 e. The third-order valence-electron chi connectivity index (χ3n) is 4.93. The summed E-state index contributed by atoms with van der Waals surface area (Å²) in [4.78, 5) is 15.0. The zero-order valence-electron chi connectivity index (χ0n) is 13.7. The number of likely N-dealkylation sites (tertiary alicyclic amines) is 1.